The Kier molecular flexibility index (Phi) is 4.47. The van der Waals surface area contributed by atoms with Gasteiger partial charge >= 0.3 is 0 Å². The van der Waals surface area contributed by atoms with Crippen LogP contribution in [0.4, 0.5) is 0 Å². The van der Waals surface area contributed by atoms with Gasteiger partial charge in [-0.05, 0) is 39.8 Å². The van der Waals surface area contributed by atoms with E-state index in [1.54, 1.807) is 0 Å². The Morgan fingerprint density at radius 1 is 1.43 bits per heavy atom. The average molecular weight is 193 g/mol. The van der Waals surface area contributed by atoms with Crippen molar-refractivity contribution in [2.24, 2.45) is 0 Å². The van der Waals surface area contributed by atoms with Gasteiger partial charge in [-0.25, -0.2) is 0 Å². The van der Waals surface area contributed by atoms with Gasteiger partial charge < -0.3 is 9.73 Å². The van der Waals surface area contributed by atoms with Crippen molar-refractivity contribution in [3.63, 3.8) is 0 Å². The maximum Gasteiger partial charge on any atom is 0.105 e. The molecule has 0 saturated carbocycles. The number of aryl methyl sites for hydroxylation is 2. The molecule has 0 atom stereocenters. The lowest BCUT2D eigenvalue weighted by molar-refractivity contribution is 0.499. The fourth-order valence-electron chi connectivity index (χ4n) is 1.43. The zero-order valence-electron chi connectivity index (χ0n) is 9.26. The average Bonchev–Trinajstić information content (AvgIpc) is 2.45. The van der Waals surface area contributed by atoms with Gasteiger partial charge in [0.05, 0.1) is 0 Å². The number of allylic oxidation sites excluding steroid dienone is 1. The SMILES string of the molecule is C/C=C/CCNCc1cc(C)oc1C. The Hall–Kier alpha value is -1.02. The van der Waals surface area contributed by atoms with E-state index in [0.717, 1.165) is 31.0 Å². The van der Waals surface area contributed by atoms with Crippen molar-refractivity contribution >= 4 is 0 Å². The zero-order valence-corrected chi connectivity index (χ0v) is 9.26. The summed E-state index contributed by atoms with van der Waals surface area (Å²) in [5, 5.41) is 3.38. The van der Waals surface area contributed by atoms with E-state index in [2.05, 4.69) is 23.5 Å². The van der Waals surface area contributed by atoms with Gasteiger partial charge in [-0.1, -0.05) is 12.2 Å². The fourth-order valence-corrected chi connectivity index (χ4v) is 1.43. The molecule has 1 aromatic heterocycles. The predicted molar refractivity (Wildman–Crippen MR) is 59.3 cm³/mol. The summed E-state index contributed by atoms with van der Waals surface area (Å²) in [5.41, 5.74) is 1.27. The first-order chi connectivity index (χ1) is 6.74. The van der Waals surface area contributed by atoms with Gasteiger partial charge in [-0.3, -0.25) is 0 Å². The van der Waals surface area contributed by atoms with Crippen molar-refractivity contribution in [3.8, 4) is 0 Å². The summed E-state index contributed by atoms with van der Waals surface area (Å²) in [7, 11) is 0. The van der Waals surface area contributed by atoms with E-state index in [-0.39, 0.29) is 0 Å². The van der Waals surface area contributed by atoms with E-state index in [4.69, 9.17) is 4.42 Å². The highest BCUT2D eigenvalue weighted by molar-refractivity contribution is 5.19. The van der Waals surface area contributed by atoms with Crippen LogP contribution in [0.2, 0.25) is 0 Å². The normalized spacial score (nSPS) is 11.4. The number of hydrogen-bond donors (Lipinski definition) is 1. The van der Waals surface area contributed by atoms with E-state index in [9.17, 15) is 0 Å². The third kappa shape index (κ3) is 3.38. The van der Waals surface area contributed by atoms with Crippen LogP contribution in [-0.4, -0.2) is 6.54 Å². The molecule has 0 unspecified atom stereocenters. The lowest BCUT2D eigenvalue weighted by atomic mass is 10.2. The van der Waals surface area contributed by atoms with E-state index < -0.39 is 0 Å². The molecule has 0 aliphatic carbocycles. The van der Waals surface area contributed by atoms with E-state index in [1.165, 1.54) is 5.56 Å². The smallest absolute Gasteiger partial charge is 0.105 e. The van der Waals surface area contributed by atoms with Crippen LogP contribution in [0.1, 0.15) is 30.4 Å². The van der Waals surface area contributed by atoms with Gasteiger partial charge in [0.2, 0.25) is 0 Å². The van der Waals surface area contributed by atoms with Gasteiger partial charge in [0.1, 0.15) is 11.5 Å². The van der Waals surface area contributed by atoms with Crippen LogP contribution in [0, 0.1) is 13.8 Å². The molecule has 1 heterocycles. The molecular formula is C12H19NO. The number of nitrogens with one attached hydrogen (secondary N) is 1. The first-order valence-electron chi connectivity index (χ1n) is 5.12. The topological polar surface area (TPSA) is 25.2 Å². The summed E-state index contributed by atoms with van der Waals surface area (Å²) in [4.78, 5) is 0. The van der Waals surface area contributed by atoms with Crippen molar-refractivity contribution in [3.05, 3.63) is 35.3 Å². The molecule has 1 aromatic rings. The molecule has 2 heteroatoms. The molecular weight excluding hydrogens is 174 g/mol. The van der Waals surface area contributed by atoms with Crippen molar-refractivity contribution in [1.82, 2.24) is 5.32 Å². The van der Waals surface area contributed by atoms with Crippen molar-refractivity contribution in [2.75, 3.05) is 6.54 Å². The van der Waals surface area contributed by atoms with Crippen LogP contribution in [0.3, 0.4) is 0 Å². The zero-order chi connectivity index (χ0) is 10.4. The molecule has 0 bridgehead atoms. The summed E-state index contributed by atoms with van der Waals surface area (Å²) >= 11 is 0. The predicted octanol–water partition coefficient (Wildman–Crippen LogP) is 2.95. The molecule has 1 rings (SSSR count). The minimum absolute atomic E-state index is 0.903. The molecule has 2 nitrogen and oxygen atoms in total. The summed E-state index contributed by atoms with van der Waals surface area (Å²) in [6, 6.07) is 2.10. The van der Waals surface area contributed by atoms with Crippen LogP contribution in [-0.2, 0) is 6.54 Å². The molecule has 0 radical (unpaired) electrons. The molecule has 0 spiro atoms. The number of furan rings is 1. The molecule has 78 valence electrons. The van der Waals surface area contributed by atoms with Crippen LogP contribution < -0.4 is 5.32 Å². The Morgan fingerprint density at radius 2 is 2.21 bits per heavy atom. The third-order valence-electron chi connectivity index (χ3n) is 2.18. The Morgan fingerprint density at radius 3 is 2.79 bits per heavy atom. The standard InChI is InChI=1S/C12H19NO/c1-4-5-6-7-13-9-12-8-10(2)14-11(12)3/h4-5,8,13H,6-7,9H2,1-3H3/b5-4+. The summed E-state index contributed by atoms with van der Waals surface area (Å²) < 4.78 is 5.44. The minimum atomic E-state index is 0.903. The van der Waals surface area contributed by atoms with Crippen molar-refractivity contribution in [2.45, 2.75) is 33.7 Å². The van der Waals surface area contributed by atoms with Crippen LogP contribution in [0.25, 0.3) is 0 Å². The molecule has 0 aromatic carbocycles. The highest BCUT2D eigenvalue weighted by atomic mass is 16.3. The molecule has 0 fully saturated rings. The first-order valence-corrected chi connectivity index (χ1v) is 5.12. The van der Waals surface area contributed by atoms with Crippen LogP contribution in [0.5, 0.6) is 0 Å². The largest absolute Gasteiger partial charge is 0.466 e. The number of hydrogen-bond acceptors (Lipinski definition) is 2. The summed E-state index contributed by atoms with van der Waals surface area (Å²) in [6.07, 6.45) is 5.34. The molecule has 14 heavy (non-hydrogen) atoms. The second kappa shape index (κ2) is 5.66. The van der Waals surface area contributed by atoms with Gasteiger partial charge in [-0.15, -0.1) is 0 Å². The third-order valence-corrected chi connectivity index (χ3v) is 2.18. The Bertz CT molecular complexity index is 299. The monoisotopic (exact) mass is 193 g/mol. The summed E-state index contributed by atoms with van der Waals surface area (Å²) in [5.74, 6) is 2.02. The maximum absolute atomic E-state index is 5.44. The Balaban J connectivity index is 2.27. The molecule has 0 aliphatic heterocycles. The quantitative estimate of drug-likeness (QED) is 0.574. The van der Waals surface area contributed by atoms with Gasteiger partial charge in [-0.2, -0.15) is 0 Å². The van der Waals surface area contributed by atoms with Gasteiger partial charge in [0.25, 0.3) is 0 Å². The fraction of sp³-hybridized carbons (Fsp3) is 0.500. The van der Waals surface area contributed by atoms with Gasteiger partial charge in [0, 0.05) is 12.1 Å². The highest BCUT2D eigenvalue weighted by Gasteiger charge is 2.02. The second-order valence-corrected chi connectivity index (χ2v) is 3.47. The highest BCUT2D eigenvalue weighted by Crippen LogP contribution is 2.12. The van der Waals surface area contributed by atoms with Crippen LogP contribution in [0.15, 0.2) is 22.6 Å². The molecule has 0 aliphatic rings. The van der Waals surface area contributed by atoms with E-state index in [0.29, 0.717) is 0 Å². The van der Waals surface area contributed by atoms with E-state index >= 15 is 0 Å². The van der Waals surface area contributed by atoms with Crippen molar-refractivity contribution < 1.29 is 4.42 Å². The molecule has 1 N–H and O–H groups in total. The second-order valence-electron chi connectivity index (χ2n) is 3.47. The summed E-state index contributed by atoms with van der Waals surface area (Å²) in [6.45, 7) is 7.96. The first kappa shape index (κ1) is 11.1. The Labute approximate surface area is 86.0 Å². The number of rotatable bonds is 5. The van der Waals surface area contributed by atoms with E-state index in [1.807, 2.05) is 20.8 Å². The van der Waals surface area contributed by atoms with Gasteiger partial charge in [0.15, 0.2) is 0 Å². The maximum atomic E-state index is 5.44. The molecule has 0 saturated heterocycles. The lowest BCUT2D eigenvalue weighted by Crippen LogP contribution is -2.14. The molecule has 0 amide bonds. The van der Waals surface area contributed by atoms with Crippen molar-refractivity contribution in [1.29, 1.82) is 0 Å². The van der Waals surface area contributed by atoms with Crippen LogP contribution >= 0.6 is 0 Å². The lowest BCUT2D eigenvalue weighted by Gasteiger charge is -2.00. The minimum Gasteiger partial charge on any atom is -0.466 e.